The first-order valence-electron chi connectivity index (χ1n) is 8.04. The SMILES string of the molecule is O=C(COC(=O)CSc1nnc(-c2ccc(Cl)cc2)o1)Nc1c(F)cccc1F. The maximum atomic E-state index is 13.5. The van der Waals surface area contributed by atoms with Crippen LogP contribution in [0.1, 0.15) is 0 Å². The van der Waals surface area contributed by atoms with E-state index in [1.165, 1.54) is 0 Å². The maximum Gasteiger partial charge on any atom is 0.316 e. The number of hydrogen-bond donors (Lipinski definition) is 1. The fourth-order valence-corrected chi connectivity index (χ4v) is 2.77. The second kappa shape index (κ2) is 9.48. The van der Waals surface area contributed by atoms with Crippen molar-refractivity contribution in [3.8, 4) is 11.5 Å². The first-order valence-corrected chi connectivity index (χ1v) is 9.40. The number of esters is 1. The van der Waals surface area contributed by atoms with Gasteiger partial charge in [0.15, 0.2) is 6.61 Å². The van der Waals surface area contributed by atoms with Crippen LogP contribution in [0.4, 0.5) is 14.5 Å². The quantitative estimate of drug-likeness (QED) is 0.440. The number of nitrogens with one attached hydrogen (secondary N) is 1. The van der Waals surface area contributed by atoms with Crippen LogP contribution in [0.15, 0.2) is 52.1 Å². The Morgan fingerprint density at radius 2 is 1.79 bits per heavy atom. The van der Waals surface area contributed by atoms with E-state index in [0.29, 0.717) is 10.6 Å². The number of carbonyl (C=O) groups is 2. The molecular formula is C18H12ClF2N3O4S. The van der Waals surface area contributed by atoms with E-state index in [4.69, 9.17) is 20.8 Å². The molecule has 1 heterocycles. The predicted octanol–water partition coefficient (Wildman–Crippen LogP) is 3.94. The number of amides is 1. The van der Waals surface area contributed by atoms with Crippen molar-refractivity contribution < 1.29 is 27.5 Å². The molecular weight excluding hydrogens is 428 g/mol. The summed E-state index contributed by atoms with van der Waals surface area (Å²) in [6.07, 6.45) is 0. The van der Waals surface area contributed by atoms with Crippen LogP contribution in [0.3, 0.4) is 0 Å². The lowest BCUT2D eigenvalue weighted by Crippen LogP contribution is -2.22. The van der Waals surface area contributed by atoms with Crippen molar-refractivity contribution in [2.75, 3.05) is 17.7 Å². The van der Waals surface area contributed by atoms with Gasteiger partial charge >= 0.3 is 5.97 Å². The molecule has 0 aliphatic heterocycles. The number of thioether (sulfide) groups is 1. The van der Waals surface area contributed by atoms with Gasteiger partial charge in [-0.1, -0.05) is 29.4 Å². The van der Waals surface area contributed by atoms with Crippen LogP contribution in [0.5, 0.6) is 0 Å². The van der Waals surface area contributed by atoms with Crippen molar-refractivity contribution in [1.82, 2.24) is 10.2 Å². The molecule has 3 rings (SSSR count). The molecule has 0 spiro atoms. The summed E-state index contributed by atoms with van der Waals surface area (Å²) >= 11 is 6.73. The minimum Gasteiger partial charge on any atom is -0.455 e. The number of anilines is 1. The zero-order valence-corrected chi connectivity index (χ0v) is 16.1. The summed E-state index contributed by atoms with van der Waals surface area (Å²) in [5.41, 5.74) is 0.0527. The summed E-state index contributed by atoms with van der Waals surface area (Å²) in [6, 6.07) is 9.89. The largest absolute Gasteiger partial charge is 0.455 e. The van der Waals surface area contributed by atoms with Crippen LogP contribution in [0, 0.1) is 11.6 Å². The molecule has 0 saturated carbocycles. The van der Waals surface area contributed by atoms with Crippen LogP contribution < -0.4 is 5.32 Å². The van der Waals surface area contributed by atoms with Crippen LogP contribution in [-0.2, 0) is 14.3 Å². The van der Waals surface area contributed by atoms with Gasteiger partial charge in [-0.2, -0.15) is 0 Å². The van der Waals surface area contributed by atoms with Crippen molar-refractivity contribution in [3.05, 3.63) is 59.1 Å². The summed E-state index contributed by atoms with van der Waals surface area (Å²) < 4.78 is 37.1. The molecule has 0 radical (unpaired) electrons. The topological polar surface area (TPSA) is 94.3 Å². The molecule has 150 valence electrons. The molecule has 29 heavy (non-hydrogen) atoms. The van der Waals surface area contributed by atoms with Crippen LogP contribution in [0.25, 0.3) is 11.5 Å². The monoisotopic (exact) mass is 439 g/mol. The first kappa shape index (κ1) is 20.7. The van der Waals surface area contributed by atoms with E-state index in [9.17, 15) is 18.4 Å². The van der Waals surface area contributed by atoms with Crippen molar-refractivity contribution in [2.45, 2.75) is 5.22 Å². The number of para-hydroxylation sites is 1. The van der Waals surface area contributed by atoms with Crippen molar-refractivity contribution >= 4 is 40.9 Å². The van der Waals surface area contributed by atoms with Crippen molar-refractivity contribution in [2.24, 2.45) is 0 Å². The predicted molar refractivity (Wildman–Crippen MR) is 101 cm³/mol. The number of hydrogen-bond acceptors (Lipinski definition) is 7. The number of ether oxygens (including phenoxy) is 1. The Bertz CT molecular complexity index is 1010. The molecule has 0 saturated heterocycles. The zero-order chi connectivity index (χ0) is 20.8. The van der Waals surface area contributed by atoms with Gasteiger partial charge in [-0.15, -0.1) is 10.2 Å². The van der Waals surface area contributed by atoms with Gasteiger partial charge in [0.05, 0.1) is 0 Å². The number of carbonyl (C=O) groups excluding carboxylic acids is 2. The van der Waals surface area contributed by atoms with Crippen LogP contribution in [-0.4, -0.2) is 34.4 Å². The summed E-state index contributed by atoms with van der Waals surface area (Å²) in [4.78, 5) is 23.4. The highest BCUT2D eigenvalue weighted by molar-refractivity contribution is 7.99. The highest BCUT2D eigenvalue weighted by Gasteiger charge is 2.15. The van der Waals surface area contributed by atoms with Gasteiger partial charge in [0, 0.05) is 10.6 Å². The lowest BCUT2D eigenvalue weighted by molar-refractivity contribution is -0.144. The Balaban J connectivity index is 1.45. The Morgan fingerprint density at radius 1 is 1.10 bits per heavy atom. The third-order valence-electron chi connectivity index (χ3n) is 3.40. The molecule has 0 aliphatic carbocycles. The van der Waals surface area contributed by atoms with Gasteiger partial charge in [-0.05, 0) is 36.4 Å². The second-order valence-corrected chi connectivity index (χ2v) is 6.84. The van der Waals surface area contributed by atoms with Crippen LogP contribution in [0.2, 0.25) is 5.02 Å². The van der Waals surface area contributed by atoms with E-state index in [-0.39, 0.29) is 16.9 Å². The van der Waals surface area contributed by atoms with Gasteiger partial charge in [-0.3, -0.25) is 9.59 Å². The number of benzene rings is 2. The summed E-state index contributed by atoms with van der Waals surface area (Å²) in [5.74, 6) is -3.45. The molecule has 0 atom stereocenters. The Morgan fingerprint density at radius 3 is 2.48 bits per heavy atom. The van der Waals surface area contributed by atoms with Crippen molar-refractivity contribution in [3.63, 3.8) is 0 Å². The molecule has 3 aromatic rings. The lowest BCUT2D eigenvalue weighted by Gasteiger charge is -2.07. The molecule has 1 N–H and O–H groups in total. The molecule has 2 aromatic carbocycles. The van der Waals surface area contributed by atoms with Gasteiger partial charge in [0.1, 0.15) is 23.1 Å². The van der Waals surface area contributed by atoms with E-state index in [0.717, 1.165) is 30.0 Å². The van der Waals surface area contributed by atoms with Crippen LogP contribution >= 0.6 is 23.4 Å². The van der Waals surface area contributed by atoms with E-state index in [2.05, 4.69) is 10.2 Å². The lowest BCUT2D eigenvalue weighted by atomic mass is 10.2. The average molecular weight is 440 g/mol. The standard InChI is InChI=1S/C18H12ClF2N3O4S/c19-11-6-4-10(5-7-11)17-23-24-18(28-17)29-9-15(26)27-8-14(25)22-16-12(20)2-1-3-13(16)21/h1-7H,8-9H2,(H,22,25). The molecule has 7 nitrogen and oxygen atoms in total. The molecule has 1 aromatic heterocycles. The molecule has 1 amide bonds. The summed E-state index contributed by atoms with van der Waals surface area (Å²) in [7, 11) is 0. The minimum atomic E-state index is -0.937. The summed E-state index contributed by atoms with van der Waals surface area (Å²) in [5, 5.41) is 10.4. The maximum absolute atomic E-state index is 13.5. The Hall–Kier alpha value is -2.98. The number of rotatable bonds is 7. The van der Waals surface area contributed by atoms with Gasteiger partial charge < -0.3 is 14.5 Å². The molecule has 11 heteroatoms. The smallest absolute Gasteiger partial charge is 0.316 e. The highest BCUT2D eigenvalue weighted by Crippen LogP contribution is 2.24. The molecule has 0 unspecified atom stereocenters. The van der Waals surface area contributed by atoms with Gasteiger partial charge in [0.25, 0.3) is 11.1 Å². The third kappa shape index (κ3) is 5.75. The van der Waals surface area contributed by atoms with E-state index < -0.39 is 35.8 Å². The second-order valence-electron chi connectivity index (χ2n) is 5.47. The van der Waals surface area contributed by atoms with Gasteiger partial charge in [-0.25, -0.2) is 8.78 Å². The third-order valence-corrected chi connectivity index (χ3v) is 4.45. The normalized spacial score (nSPS) is 10.6. The number of halogens is 3. The zero-order valence-electron chi connectivity index (χ0n) is 14.5. The summed E-state index contributed by atoms with van der Waals surface area (Å²) in [6.45, 7) is -0.701. The Kier molecular flexibility index (Phi) is 6.78. The Labute approximate surface area is 172 Å². The average Bonchev–Trinajstić information content (AvgIpc) is 3.17. The fraction of sp³-hybridized carbons (Fsp3) is 0.111. The first-order chi connectivity index (χ1) is 13.9. The molecule has 0 fully saturated rings. The van der Waals surface area contributed by atoms with E-state index in [1.54, 1.807) is 24.3 Å². The number of aromatic nitrogens is 2. The highest BCUT2D eigenvalue weighted by atomic mass is 35.5. The molecule has 0 aliphatic rings. The molecule has 0 bridgehead atoms. The fourth-order valence-electron chi connectivity index (χ4n) is 2.08. The van der Waals surface area contributed by atoms with E-state index in [1.807, 2.05) is 5.32 Å². The minimum absolute atomic E-state index is 0.129. The van der Waals surface area contributed by atoms with Crippen molar-refractivity contribution in [1.29, 1.82) is 0 Å². The van der Waals surface area contributed by atoms with Gasteiger partial charge in [0.2, 0.25) is 5.89 Å². The number of nitrogens with zero attached hydrogens (tertiary/aromatic N) is 2. The van der Waals surface area contributed by atoms with E-state index >= 15 is 0 Å².